The van der Waals surface area contributed by atoms with Gasteiger partial charge in [0.2, 0.25) is 0 Å². The molecule has 0 saturated heterocycles. The lowest BCUT2D eigenvalue weighted by atomic mass is 10.0. The molecule has 0 aliphatic heterocycles. The molecule has 0 radical (unpaired) electrons. The zero-order valence-electron chi connectivity index (χ0n) is 8.68. The van der Waals surface area contributed by atoms with Crippen LogP contribution in [0, 0.1) is 29.8 Å². The molecule has 0 aromatic heterocycles. The Hall–Kier alpha value is -2.21. The van der Waals surface area contributed by atoms with Crippen LogP contribution in [0.2, 0.25) is 0 Å². The predicted octanol–water partition coefficient (Wildman–Crippen LogP) is 3.75. The second-order valence-corrected chi connectivity index (χ2v) is 3.48. The number of hydrogen-bond acceptors (Lipinski definition) is 0. The van der Waals surface area contributed by atoms with Gasteiger partial charge in [0, 0.05) is 5.56 Å². The van der Waals surface area contributed by atoms with Crippen LogP contribution < -0.4 is 0 Å². The number of benzene rings is 2. The van der Waals surface area contributed by atoms with E-state index in [4.69, 9.17) is 6.42 Å². The minimum atomic E-state index is -1.47. The van der Waals surface area contributed by atoms with Crippen molar-refractivity contribution in [1.82, 2.24) is 0 Å². The van der Waals surface area contributed by atoms with Crippen LogP contribution in [0.3, 0.4) is 0 Å². The molecule has 0 unspecified atom stereocenters. The van der Waals surface area contributed by atoms with E-state index in [9.17, 15) is 13.2 Å². The van der Waals surface area contributed by atoms with Gasteiger partial charge >= 0.3 is 0 Å². The smallest absolute Gasteiger partial charge is 0.194 e. The normalized spacial score (nSPS) is 10.0. The van der Waals surface area contributed by atoms with E-state index in [1.807, 2.05) is 0 Å². The second kappa shape index (κ2) is 4.34. The van der Waals surface area contributed by atoms with E-state index in [0.717, 1.165) is 12.1 Å². The molecule has 0 heterocycles. The van der Waals surface area contributed by atoms with Crippen LogP contribution in [0.4, 0.5) is 13.2 Å². The van der Waals surface area contributed by atoms with Gasteiger partial charge in [-0.1, -0.05) is 18.1 Å². The zero-order chi connectivity index (χ0) is 12.4. The summed E-state index contributed by atoms with van der Waals surface area (Å²) in [4.78, 5) is 0. The number of rotatable bonds is 1. The number of hydrogen-bond donors (Lipinski definition) is 0. The molecule has 0 fully saturated rings. The molecule has 0 bridgehead atoms. The highest BCUT2D eigenvalue weighted by atomic mass is 19.2. The molecule has 0 spiro atoms. The lowest BCUT2D eigenvalue weighted by Gasteiger charge is -2.04. The highest BCUT2D eigenvalue weighted by molar-refractivity contribution is 5.65. The van der Waals surface area contributed by atoms with Gasteiger partial charge in [-0.2, -0.15) is 0 Å². The second-order valence-electron chi connectivity index (χ2n) is 3.48. The Morgan fingerprint density at radius 3 is 2.12 bits per heavy atom. The molecule has 3 heteroatoms. The van der Waals surface area contributed by atoms with E-state index in [0.29, 0.717) is 11.1 Å². The molecule has 2 aromatic rings. The third-order valence-corrected chi connectivity index (χ3v) is 2.35. The first kappa shape index (κ1) is 11.3. The Balaban J connectivity index is 2.57. The summed E-state index contributed by atoms with van der Waals surface area (Å²) in [5.41, 5.74) is 1.38. The SMILES string of the molecule is C#Cc1cccc(-c2cc(F)c(F)c(F)c2)c1. The van der Waals surface area contributed by atoms with Gasteiger partial charge in [0.1, 0.15) is 0 Å². The molecule has 0 nitrogen and oxygen atoms in total. The minimum absolute atomic E-state index is 0.249. The first-order valence-electron chi connectivity index (χ1n) is 4.83. The van der Waals surface area contributed by atoms with Crippen molar-refractivity contribution in [2.45, 2.75) is 0 Å². The Labute approximate surface area is 96.7 Å². The lowest BCUT2D eigenvalue weighted by Crippen LogP contribution is -1.92. The maximum Gasteiger partial charge on any atom is 0.194 e. The molecular formula is C14H7F3. The quantitative estimate of drug-likeness (QED) is 0.519. The standard InChI is InChI=1S/C14H7F3/c1-2-9-4-3-5-10(6-9)11-7-12(15)14(17)13(16)8-11/h1,3-8H. The van der Waals surface area contributed by atoms with Crippen LogP contribution in [0.15, 0.2) is 36.4 Å². The average molecular weight is 232 g/mol. The van der Waals surface area contributed by atoms with Crippen molar-refractivity contribution in [3.05, 3.63) is 59.4 Å². The van der Waals surface area contributed by atoms with Crippen molar-refractivity contribution in [2.24, 2.45) is 0 Å². The van der Waals surface area contributed by atoms with E-state index in [-0.39, 0.29) is 5.56 Å². The highest BCUT2D eigenvalue weighted by Crippen LogP contribution is 2.24. The summed E-state index contributed by atoms with van der Waals surface area (Å²) in [6.07, 6.45) is 5.22. The summed E-state index contributed by atoms with van der Waals surface area (Å²) in [6, 6.07) is 8.49. The first-order valence-corrected chi connectivity index (χ1v) is 4.83. The molecule has 84 valence electrons. The predicted molar refractivity (Wildman–Crippen MR) is 59.7 cm³/mol. The molecular weight excluding hydrogens is 225 g/mol. The summed E-state index contributed by atoms with van der Waals surface area (Å²) in [7, 11) is 0. The summed E-state index contributed by atoms with van der Waals surface area (Å²) in [6.45, 7) is 0. The first-order chi connectivity index (χ1) is 8.11. The van der Waals surface area contributed by atoms with Crippen LogP contribution in [0.1, 0.15) is 5.56 Å². The van der Waals surface area contributed by atoms with Crippen LogP contribution >= 0.6 is 0 Å². The molecule has 17 heavy (non-hydrogen) atoms. The van der Waals surface area contributed by atoms with Crippen molar-refractivity contribution in [3.8, 4) is 23.5 Å². The third kappa shape index (κ3) is 2.16. The summed E-state index contributed by atoms with van der Waals surface area (Å²) >= 11 is 0. The minimum Gasteiger partial charge on any atom is -0.204 e. The Bertz CT molecular complexity index is 586. The lowest BCUT2D eigenvalue weighted by molar-refractivity contribution is 0.448. The van der Waals surface area contributed by atoms with Gasteiger partial charge < -0.3 is 0 Å². The fourth-order valence-electron chi connectivity index (χ4n) is 1.51. The van der Waals surface area contributed by atoms with Crippen molar-refractivity contribution in [1.29, 1.82) is 0 Å². The largest absolute Gasteiger partial charge is 0.204 e. The molecule has 0 aliphatic carbocycles. The fourth-order valence-corrected chi connectivity index (χ4v) is 1.51. The molecule has 0 saturated carbocycles. The van der Waals surface area contributed by atoms with Crippen molar-refractivity contribution in [3.63, 3.8) is 0 Å². The van der Waals surface area contributed by atoms with Crippen LogP contribution in [-0.2, 0) is 0 Å². The van der Waals surface area contributed by atoms with Gasteiger partial charge in [-0.15, -0.1) is 6.42 Å². The van der Waals surface area contributed by atoms with Crippen molar-refractivity contribution in [2.75, 3.05) is 0 Å². The van der Waals surface area contributed by atoms with Gasteiger partial charge in [-0.25, -0.2) is 13.2 Å². The van der Waals surface area contributed by atoms with E-state index in [1.54, 1.807) is 24.3 Å². The van der Waals surface area contributed by atoms with Crippen LogP contribution in [-0.4, -0.2) is 0 Å². The molecule has 0 aliphatic rings. The van der Waals surface area contributed by atoms with E-state index in [2.05, 4.69) is 5.92 Å². The maximum atomic E-state index is 13.1. The van der Waals surface area contributed by atoms with Crippen LogP contribution in [0.25, 0.3) is 11.1 Å². The monoisotopic (exact) mass is 232 g/mol. The molecule has 2 rings (SSSR count). The van der Waals surface area contributed by atoms with Crippen molar-refractivity contribution >= 4 is 0 Å². The highest BCUT2D eigenvalue weighted by Gasteiger charge is 2.11. The number of terminal acetylenes is 1. The Morgan fingerprint density at radius 2 is 1.53 bits per heavy atom. The van der Waals surface area contributed by atoms with Gasteiger partial charge in [-0.05, 0) is 35.4 Å². The topological polar surface area (TPSA) is 0 Å². The Kier molecular flexibility index (Phi) is 2.88. The van der Waals surface area contributed by atoms with E-state index in [1.165, 1.54) is 0 Å². The summed E-state index contributed by atoms with van der Waals surface area (Å²) in [5, 5.41) is 0. The van der Waals surface area contributed by atoms with Gasteiger partial charge in [-0.3, -0.25) is 0 Å². The van der Waals surface area contributed by atoms with Gasteiger partial charge in [0.05, 0.1) is 0 Å². The summed E-state index contributed by atoms with van der Waals surface area (Å²) < 4.78 is 38.9. The molecule has 0 atom stereocenters. The fraction of sp³-hybridized carbons (Fsp3) is 0. The van der Waals surface area contributed by atoms with Gasteiger partial charge in [0.15, 0.2) is 17.5 Å². The van der Waals surface area contributed by atoms with Gasteiger partial charge in [0.25, 0.3) is 0 Å². The molecule has 2 aromatic carbocycles. The van der Waals surface area contributed by atoms with E-state index < -0.39 is 17.5 Å². The van der Waals surface area contributed by atoms with E-state index >= 15 is 0 Å². The zero-order valence-corrected chi connectivity index (χ0v) is 8.68. The maximum absolute atomic E-state index is 13.1. The molecule has 0 N–H and O–H groups in total. The number of halogens is 3. The Morgan fingerprint density at radius 1 is 0.882 bits per heavy atom. The van der Waals surface area contributed by atoms with Crippen LogP contribution in [0.5, 0.6) is 0 Å². The summed E-state index contributed by atoms with van der Waals surface area (Å²) in [5.74, 6) is -1.49. The molecule has 0 amide bonds. The third-order valence-electron chi connectivity index (χ3n) is 2.35. The van der Waals surface area contributed by atoms with Crippen molar-refractivity contribution < 1.29 is 13.2 Å². The average Bonchev–Trinajstić information content (AvgIpc) is 2.35.